The Kier molecular flexibility index (Phi) is 6.37. The van der Waals surface area contributed by atoms with Gasteiger partial charge in [0.2, 0.25) is 0 Å². The average Bonchev–Trinajstić information content (AvgIpc) is 3.38. The Bertz CT molecular complexity index is 1350. The van der Waals surface area contributed by atoms with Crippen molar-refractivity contribution in [1.29, 1.82) is 0 Å². The summed E-state index contributed by atoms with van der Waals surface area (Å²) in [6.45, 7) is 4.63. The molecule has 180 valence electrons. The molecule has 35 heavy (non-hydrogen) atoms. The number of aryl methyl sites for hydroxylation is 1. The standard InChI is InChI=1S/C27H27FN4O3/c1-19-16-23(33)25(27(34)32(19)18-22-8-5-15-35-22)26(20-6-4-7-21(28)17-20)31-13-11-30(12-14-31)24-9-2-3-10-29-24/h2-10,15-17,26,33H,11-14,18H2,1H3. The zero-order valence-electron chi connectivity index (χ0n) is 19.5. The molecule has 1 aromatic carbocycles. The lowest BCUT2D eigenvalue weighted by Gasteiger charge is -2.40. The maximum atomic E-state index is 14.3. The second-order valence-electron chi connectivity index (χ2n) is 8.72. The molecule has 7 nitrogen and oxygen atoms in total. The molecule has 4 aromatic rings. The van der Waals surface area contributed by atoms with Crippen LogP contribution in [0.2, 0.25) is 0 Å². The highest BCUT2D eigenvalue weighted by Gasteiger charge is 2.32. The molecule has 3 aromatic heterocycles. The Morgan fingerprint density at radius 2 is 1.89 bits per heavy atom. The number of aromatic hydroxyl groups is 1. The molecule has 1 fully saturated rings. The Balaban J connectivity index is 1.54. The minimum absolute atomic E-state index is 0.0930. The van der Waals surface area contributed by atoms with Crippen LogP contribution >= 0.6 is 0 Å². The molecule has 1 N–H and O–H groups in total. The van der Waals surface area contributed by atoms with Gasteiger partial charge in [0.15, 0.2) is 0 Å². The number of aromatic nitrogens is 2. The normalized spacial score (nSPS) is 15.3. The van der Waals surface area contributed by atoms with Crippen LogP contribution in [0.15, 0.2) is 82.3 Å². The number of rotatable bonds is 6. The lowest BCUT2D eigenvalue weighted by atomic mass is 9.95. The first-order valence-corrected chi connectivity index (χ1v) is 11.6. The first kappa shape index (κ1) is 22.9. The summed E-state index contributed by atoms with van der Waals surface area (Å²) in [7, 11) is 0. The summed E-state index contributed by atoms with van der Waals surface area (Å²) in [4.78, 5) is 22.5. The smallest absolute Gasteiger partial charge is 0.260 e. The largest absolute Gasteiger partial charge is 0.507 e. The van der Waals surface area contributed by atoms with Gasteiger partial charge in [0.25, 0.3) is 5.56 Å². The predicted molar refractivity (Wildman–Crippen MR) is 131 cm³/mol. The highest BCUT2D eigenvalue weighted by Crippen LogP contribution is 2.34. The quantitative estimate of drug-likeness (QED) is 0.456. The summed E-state index contributed by atoms with van der Waals surface area (Å²) >= 11 is 0. The van der Waals surface area contributed by atoms with E-state index < -0.39 is 6.04 Å². The molecule has 0 bridgehead atoms. The van der Waals surface area contributed by atoms with Crippen molar-refractivity contribution in [1.82, 2.24) is 14.5 Å². The summed E-state index contributed by atoms with van der Waals surface area (Å²) in [5.41, 5.74) is 1.15. The van der Waals surface area contributed by atoms with Crippen LogP contribution in [0.4, 0.5) is 10.2 Å². The monoisotopic (exact) mass is 474 g/mol. The zero-order valence-corrected chi connectivity index (χ0v) is 19.5. The number of piperazine rings is 1. The van der Waals surface area contributed by atoms with Crippen molar-refractivity contribution in [2.45, 2.75) is 19.5 Å². The van der Waals surface area contributed by atoms with E-state index in [1.54, 1.807) is 54.3 Å². The van der Waals surface area contributed by atoms with Crippen LogP contribution in [0, 0.1) is 12.7 Å². The predicted octanol–water partition coefficient (Wildman–Crippen LogP) is 3.95. The van der Waals surface area contributed by atoms with Crippen molar-refractivity contribution in [3.8, 4) is 5.75 Å². The molecule has 1 aliphatic rings. The third kappa shape index (κ3) is 4.70. The Morgan fingerprint density at radius 1 is 1.06 bits per heavy atom. The van der Waals surface area contributed by atoms with Crippen LogP contribution in [-0.4, -0.2) is 45.7 Å². The molecule has 1 aliphatic heterocycles. The fourth-order valence-corrected chi connectivity index (χ4v) is 4.77. The summed E-state index contributed by atoms with van der Waals surface area (Å²) < 4.78 is 21.3. The third-order valence-electron chi connectivity index (χ3n) is 6.51. The molecule has 1 saturated heterocycles. The number of nitrogens with zero attached hydrogens (tertiary/aromatic N) is 4. The van der Waals surface area contributed by atoms with Gasteiger partial charge in [-0.1, -0.05) is 18.2 Å². The van der Waals surface area contributed by atoms with Gasteiger partial charge in [-0.2, -0.15) is 0 Å². The van der Waals surface area contributed by atoms with Crippen molar-refractivity contribution in [2.24, 2.45) is 0 Å². The van der Waals surface area contributed by atoms with Gasteiger partial charge in [0, 0.05) is 38.1 Å². The first-order valence-electron chi connectivity index (χ1n) is 11.6. The van der Waals surface area contributed by atoms with Crippen molar-refractivity contribution < 1.29 is 13.9 Å². The molecule has 0 amide bonds. The molecule has 1 unspecified atom stereocenters. The van der Waals surface area contributed by atoms with E-state index in [1.165, 1.54) is 12.1 Å². The van der Waals surface area contributed by atoms with Crippen LogP contribution < -0.4 is 10.5 Å². The maximum Gasteiger partial charge on any atom is 0.260 e. The molecule has 0 aliphatic carbocycles. The Morgan fingerprint density at radius 3 is 2.57 bits per heavy atom. The summed E-state index contributed by atoms with van der Waals surface area (Å²) in [6.07, 6.45) is 3.33. The van der Waals surface area contributed by atoms with Crippen molar-refractivity contribution in [3.63, 3.8) is 0 Å². The van der Waals surface area contributed by atoms with E-state index >= 15 is 0 Å². The highest BCUT2D eigenvalue weighted by atomic mass is 19.1. The van der Waals surface area contributed by atoms with Crippen LogP contribution in [0.25, 0.3) is 0 Å². The number of hydrogen-bond donors (Lipinski definition) is 1. The molecule has 8 heteroatoms. The van der Waals surface area contributed by atoms with Crippen molar-refractivity contribution in [2.75, 3.05) is 31.1 Å². The number of benzene rings is 1. The van der Waals surface area contributed by atoms with Gasteiger partial charge in [-0.25, -0.2) is 9.37 Å². The Hall–Kier alpha value is -3.91. The lowest BCUT2D eigenvalue weighted by molar-refractivity contribution is 0.206. The molecule has 4 heterocycles. The van der Waals surface area contributed by atoms with E-state index in [9.17, 15) is 14.3 Å². The van der Waals surface area contributed by atoms with Crippen molar-refractivity contribution >= 4 is 5.82 Å². The molecule has 0 radical (unpaired) electrons. The van der Waals surface area contributed by atoms with Crippen LogP contribution in [0.3, 0.4) is 0 Å². The van der Waals surface area contributed by atoms with Gasteiger partial charge >= 0.3 is 0 Å². The number of pyridine rings is 2. The van der Waals surface area contributed by atoms with Gasteiger partial charge in [-0.15, -0.1) is 0 Å². The van der Waals surface area contributed by atoms with E-state index in [1.807, 2.05) is 18.2 Å². The molecular formula is C27H27FN4O3. The van der Waals surface area contributed by atoms with Gasteiger partial charge < -0.3 is 19.0 Å². The summed E-state index contributed by atoms with van der Waals surface area (Å²) in [6, 6.07) is 16.6. The van der Waals surface area contributed by atoms with E-state index in [-0.39, 0.29) is 29.2 Å². The molecular weight excluding hydrogens is 447 g/mol. The molecule has 0 saturated carbocycles. The second-order valence-corrected chi connectivity index (χ2v) is 8.72. The van der Waals surface area contributed by atoms with E-state index in [0.29, 0.717) is 43.2 Å². The molecule has 0 spiro atoms. The number of hydrogen-bond acceptors (Lipinski definition) is 6. The topological polar surface area (TPSA) is 74.7 Å². The first-order chi connectivity index (χ1) is 17.0. The van der Waals surface area contributed by atoms with Gasteiger partial charge in [0.1, 0.15) is 23.1 Å². The SMILES string of the molecule is Cc1cc(O)c(C(c2cccc(F)c2)N2CCN(c3ccccn3)CC2)c(=O)n1Cc1ccco1. The molecule has 1 atom stereocenters. The number of anilines is 1. The minimum Gasteiger partial charge on any atom is -0.507 e. The molecule has 5 rings (SSSR count). The number of furan rings is 1. The lowest BCUT2D eigenvalue weighted by Crippen LogP contribution is -2.49. The van der Waals surface area contributed by atoms with E-state index in [0.717, 1.165) is 5.82 Å². The van der Waals surface area contributed by atoms with Crippen LogP contribution in [0.1, 0.15) is 28.6 Å². The summed E-state index contributed by atoms with van der Waals surface area (Å²) in [5, 5.41) is 11.0. The average molecular weight is 475 g/mol. The fourth-order valence-electron chi connectivity index (χ4n) is 4.77. The second kappa shape index (κ2) is 9.76. The van der Waals surface area contributed by atoms with Gasteiger partial charge in [-0.05, 0) is 55.0 Å². The van der Waals surface area contributed by atoms with Gasteiger partial charge in [-0.3, -0.25) is 9.69 Å². The zero-order chi connectivity index (χ0) is 24.4. The van der Waals surface area contributed by atoms with E-state index in [2.05, 4.69) is 14.8 Å². The van der Waals surface area contributed by atoms with Crippen LogP contribution in [-0.2, 0) is 6.54 Å². The number of halogens is 1. The van der Waals surface area contributed by atoms with Crippen molar-refractivity contribution in [3.05, 3.63) is 112 Å². The van der Waals surface area contributed by atoms with Gasteiger partial charge in [0.05, 0.1) is 24.4 Å². The fraction of sp³-hybridized carbons (Fsp3) is 0.259. The van der Waals surface area contributed by atoms with Crippen LogP contribution in [0.5, 0.6) is 5.75 Å². The summed E-state index contributed by atoms with van der Waals surface area (Å²) in [5.74, 6) is 1.05. The van der Waals surface area contributed by atoms with E-state index in [4.69, 9.17) is 4.42 Å². The maximum absolute atomic E-state index is 14.3. The minimum atomic E-state index is -0.604. The third-order valence-corrected chi connectivity index (χ3v) is 6.51. The Labute approximate surface area is 202 Å². The highest BCUT2D eigenvalue weighted by molar-refractivity contribution is 5.43.